The van der Waals surface area contributed by atoms with Gasteiger partial charge in [-0.05, 0) is 37.1 Å². The number of halogens is 1. The maximum Gasteiger partial charge on any atom is 0.407 e. The van der Waals surface area contributed by atoms with Gasteiger partial charge < -0.3 is 10.0 Å². The van der Waals surface area contributed by atoms with Crippen LogP contribution in [0.3, 0.4) is 0 Å². The molecule has 116 valence electrons. The molecule has 1 heterocycles. The van der Waals surface area contributed by atoms with E-state index in [1.807, 2.05) is 0 Å². The van der Waals surface area contributed by atoms with E-state index in [9.17, 15) is 13.2 Å². The number of rotatable bonds is 4. The van der Waals surface area contributed by atoms with E-state index in [2.05, 4.69) is 0 Å². The highest BCUT2D eigenvalue weighted by Gasteiger charge is 2.25. The molecule has 0 spiro atoms. The molecular formula is C13H16ClNO5S. The summed E-state index contributed by atoms with van der Waals surface area (Å²) in [7, 11) is -3.84. The highest BCUT2D eigenvalue weighted by Crippen LogP contribution is 2.20. The van der Waals surface area contributed by atoms with E-state index in [-0.39, 0.29) is 17.4 Å². The van der Waals surface area contributed by atoms with Gasteiger partial charge in [-0.15, -0.1) is 0 Å². The Kier molecular flexibility index (Phi) is 5.08. The van der Waals surface area contributed by atoms with E-state index in [1.54, 1.807) is 0 Å². The van der Waals surface area contributed by atoms with Crippen LogP contribution in [0.5, 0.6) is 0 Å². The molecule has 1 aliphatic heterocycles. The third-order valence-electron chi connectivity index (χ3n) is 3.35. The van der Waals surface area contributed by atoms with Crippen LogP contribution in [0.25, 0.3) is 0 Å². The molecule has 0 aromatic heterocycles. The fourth-order valence-corrected chi connectivity index (χ4v) is 3.33. The van der Waals surface area contributed by atoms with Crippen molar-refractivity contribution in [2.45, 2.75) is 17.7 Å². The van der Waals surface area contributed by atoms with Gasteiger partial charge in [0, 0.05) is 24.0 Å². The van der Waals surface area contributed by atoms with E-state index in [0.29, 0.717) is 24.5 Å². The molecular weight excluding hydrogens is 318 g/mol. The zero-order chi connectivity index (χ0) is 15.5. The summed E-state index contributed by atoms with van der Waals surface area (Å²) in [4.78, 5) is 12.2. The minimum absolute atomic E-state index is 0.0191. The third kappa shape index (κ3) is 4.33. The molecule has 0 aliphatic carbocycles. The van der Waals surface area contributed by atoms with Crippen LogP contribution in [-0.4, -0.2) is 44.2 Å². The van der Waals surface area contributed by atoms with E-state index >= 15 is 0 Å². The summed E-state index contributed by atoms with van der Waals surface area (Å²) in [6, 6.07) is 5.71. The fourth-order valence-electron chi connectivity index (χ4n) is 2.23. The minimum atomic E-state index is -3.84. The maximum absolute atomic E-state index is 12.0. The Morgan fingerprint density at radius 2 is 2.05 bits per heavy atom. The Morgan fingerprint density at radius 3 is 2.67 bits per heavy atom. The summed E-state index contributed by atoms with van der Waals surface area (Å²) in [5.41, 5.74) is 0. The Morgan fingerprint density at radius 1 is 1.38 bits per heavy atom. The lowest BCUT2D eigenvalue weighted by Gasteiger charge is -2.30. The van der Waals surface area contributed by atoms with Crippen molar-refractivity contribution in [1.82, 2.24) is 4.90 Å². The van der Waals surface area contributed by atoms with Crippen molar-refractivity contribution in [3.05, 3.63) is 29.3 Å². The highest BCUT2D eigenvalue weighted by atomic mass is 35.5. The topological polar surface area (TPSA) is 83.9 Å². The number of carbonyl (C=O) groups is 1. The lowest BCUT2D eigenvalue weighted by molar-refractivity contribution is 0.106. The first-order valence-electron chi connectivity index (χ1n) is 6.51. The van der Waals surface area contributed by atoms with Gasteiger partial charge in [-0.3, -0.25) is 4.18 Å². The number of piperidine rings is 1. The lowest BCUT2D eigenvalue weighted by Crippen LogP contribution is -2.40. The molecule has 21 heavy (non-hydrogen) atoms. The first-order valence-corrected chi connectivity index (χ1v) is 8.30. The summed E-state index contributed by atoms with van der Waals surface area (Å²) >= 11 is 5.71. The summed E-state index contributed by atoms with van der Waals surface area (Å²) in [6.45, 7) is 0.760. The Hall–Kier alpha value is -1.31. The average Bonchev–Trinajstić information content (AvgIpc) is 2.46. The van der Waals surface area contributed by atoms with E-state index < -0.39 is 16.2 Å². The largest absolute Gasteiger partial charge is 0.465 e. The van der Waals surface area contributed by atoms with E-state index in [0.717, 1.165) is 6.42 Å². The van der Waals surface area contributed by atoms with Gasteiger partial charge in [0.2, 0.25) is 0 Å². The number of hydrogen-bond donors (Lipinski definition) is 1. The summed E-state index contributed by atoms with van der Waals surface area (Å²) < 4.78 is 29.0. The maximum atomic E-state index is 12.0. The SMILES string of the molecule is O=C(O)N1CCC[C@@H](COS(=O)(=O)c2ccc(Cl)cc2)C1. The molecule has 0 radical (unpaired) electrons. The van der Waals surface area contributed by atoms with Gasteiger partial charge in [0.1, 0.15) is 0 Å². The normalized spacial score (nSPS) is 19.5. The molecule has 2 rings (SSSR count). The van der Waals surface area contributed by atoms with Gasteiger partial charge in [0.25, 0.3) is 10.1 Å². The number of nitrogens with zero attached hydrogens (tertiary/aromatic N) is 1. The molecule has 1 amide bonds. The minimum Gasteiger partial charge on any atom is -0.465 e. The predicted octanol–water partition coefficient (Wildman–Crippen LogP) is 2.44. The zero-order valence-electron chi connectivity index (χ0n) is 11.2. The van der Waals surface area contributed by atoms with Crippen molar-refractivity contribution in [3.63, 3.8) is 0 Å². The van der Waals surface area contributed by atoms with Crippen molar-refractivity contribution < 1.29 is 22.5 Å². The first kappa shape index (κ1) is 16.1. The van der Waals surface area contributed by atoms with Crippen molar-refractivity contribution in [1.29, 1.82) is 0 Å². The number of hydrogen-bond acceptors (Lipinski definition) is 4. The molecule has 8 heteroatoms. The van der Waals surface area contributed by atoms with Crippen molar-refractivity contribution in [2.75, 3.05) is 19.7 Å². The Balaban J connectivity index is 1.95. The molecule has 1 N–H and O–H groups in total. The van der Waals surface area contributed by atoms with Gasteiger partial charge in [-0.2, -0.15) is 8.42 Å². The molecule has 1 atom stereocenters. The first-order chi connectivity index (χ1) is 9.88. The summed E-state index contributed by atoms with van der Waals surface area (Å²) in [6.07, 6.45) is 0.474. The van der Waals surface area contributed by atoms with Crippen molar-refractivity contribution in [3.8, 4) is 0 Å². The van der Waals surface area contributed by atoms with Crippen LogP contribution in [0.15, 0.2) is 29.2 Å². The van der Waals surface area contributed by atoms with Crippen LogP contribution >= 0.6 is 11.6 Å². The molecule has 1 saturated heterocycles. The number of carboxylic acid groups (broad SMARTS) is 1. The molecule has 1 aliphatic rings. The molecule has 1 aromatic carbocycles. The predicted molar refractivity (Wildman–Crippen MR) is 76.9 cm³/mol. The van der Waals surface area contributed by atoms with Gasteiger partial charge >= 0.3 is 6.09 Å². The molecule has 1 aromatic rings. The van der Waals surface area contributed by atoms with Gasteiger partial charge in [0.05, 0.1) is 11.5 Å². The molecule has 1 fully saturated rings. The second kappa shape index (κ2) is 6.64. The van der Waals surface area contributed by atoms with Crippen LogP contribution in [0.1, 0.15) is 12.8 Å². The quantitative estimate of drug-likeness (QED) is 0.855. The summed E-state index contributed by atoms with van der Waals surface area (Å²) in [5, 5.41) is 9.39. The van der Waals surface area contributed by atoms with E-state index in [4.69, 9.17) is 20.9 Å². The average molecular weight is 334 g/mol. The molecule has 0 unspecified atom stereocenters. The van der Waals surface area contributed by atoms with Crippen molar-refractivity contribution in [2.24, 2.45) is 5.92 Å². The van der Waals surface area contributed by atoms with Crippen LogP contribution < -0.4 is 0 Å². The van der Waals surface area contributed by atoms with Crippen molar-refractivity contribution >= 4 is 27.8 Å². The number of likely N-dealkylation sites (tertiary alicyclic amines) is 1. The monoisotopic (exact) mass is 333 g/mol. The lowest BCUT2D eigenvalue weighted by atomic mass is 10.00. The summed E-state index contributed by atoms with van der Waals surface area (Å²) in [5.74, 6) is -0.114. The van der Waals surface area contributed by atoms with Gasteiger partial charge in [-0.25, -0.2) is 4.79 Å². The standard InChI is InChI=1S/C13H16ClNO5S/c14-11-3-5-12(6-4-11)21(18,19)20-9-10-2-1-7-15(8-10)13(16)17/h3-6,10H,1-2,7-9H2,(H,16,17)/t10-/m1/s1. The highest BCUT2D eigenvalue weighted by molar-refractivity contribution is 7.86. The second-order valence-corrected chi connectivity index (χ2v) is 6.98. The van der Waals surface area contributed by atoms with Gasteiger partial charge in [-0.1, -0.05) is 11.6 Å². The smallest absolute Gasteiger partial charge is 0.407 e. The van der Waals surface area contributed by atoms with Crippen LogP contribution in [0.4, 0.5) is 4.79 Å². The number of amides is 1. The van der Waals surface area contributed by atoms with Gasteiger partial charge in [0.15, 0.2) is 0 Å². The van der Waals surface area contributed by atoms with E-state index in [1.165, 1.54) is 29.2 Å². The molecule has 0 bridgehead atoms. The molecule has 6 nitrogen and oxygen atoms in total. The second-order valence-electron chi connectivity index (χ2n) is 4.93. The fraction of sp³-hybridized carbons (Fsp3) is 0.462. The molecule has 0 saturated carbocycles. The Bertz CT molecular complexity index is 601. The number of benzene rings is 1. The van der Waals surface area contributed by atoms with Crippen LogP contribution in [0.2, 0.25) is 5.02 Å². The Labute approximate surface area is 128 Å². The third-order valence-corrected chi connectivity index (χ3v) is 4.90. The van der Waals surface area contributed by atoms with Crippen LogP contribution in [0, 0.1) is 5.92 Å². The zero-order valence-corrected chi connectivity index (χ0v) is 12.8. The van der Waals surface area contributed by atoms with Crippen LogP contribution in [-0.2, 0) is 14.3 Å².